The first kappa shape index (κ1) is 21.1. The van der Waals surface area contributed by atoms with Crippen LogP contribution < -0.4 is 5.32 Å². The molecule has 1 aromatic carbocycles. The monoisotopic (exact) mass is 463 g/mol. The summed E-state index contributed by atoms with van der Waals surface area (Å²) in [6.45, 7) is 0.0254. The molecule has 1 N–H and O–H groups in total. The van der Waals surface area contributed by atoms with E-state index in [1.165, 1.54) is 24.3 Å². The van der Waals surface area contributed by atoms with E-state index in [0.29, 0.717) is 35.4 Å². The summed E-state index contributed by atoms with van der Waals surface area (Å²) < 4.78 is 39.6. The number of carbonyl (C=O) groups excluding carboxylic acids is 1. The Morgan fingerprint density at radius 2 is 2.06 bits per heavy atom. The number of aromatic nitrogens is 3. The number of oxime groups is 1. The molecule has 2 heterocycles. The quantitative estimate of drug-likeness (QED) is 0.405. The molecule has 2 aromatic heterocycles. The van der Waals surface area contributed by atoms with Crippen LogP contribution in [0.4, 0.5) is 9.52 Å². The molecular weight excluding hydrogens is 445 g/mol. The van der Waals surface area contributed by atoms with Crippen LogP contribution in [0.5, 0.6) is 0 Å². The zero-order valence-corrected chi connectivity index (χ0v) is 18.0. The number of rotatable bonds is 8. The van der Waals surface area contributed by atoms with Gasteiger partial charge in [-0.2, -0.15) is 9.49 Å². The second kappa shape index (κ2) is 8.55. The van der Waals surface area contributed by atoms with Gasteiger partial charge < -0.3 is 4.84 Å². The van der Waals surface area contributed by atoms with E-state index < -0.39 is 20.9 Å². The molecular formula is C19H18FN5O4S2. The zero-order chi connectivity index (χ0) is 22.0. The van der Waals surface area contributed by atoms with Gasteiger partial charge in [0, 0.05) is 18.8 Å². The van der Waals surface area contributed by atoms with Crippen LogP contribution in [0.15, 0.2) is 52.8 Å². The lowest BCUT2D eigenvalue weighted by Crippen LogP contribution is -2.24. The summed E-state index contributed by atoms with van der Waals surface area (Å²) in [6, 6.07) is 7.59. The standard InChI is InChI=1S/C19H18FN5O4S2/c1-25-9-8-13(23-25)11-29-24-17(18(26)22-19-21-10-16(20)30-19)12-2-4-14(5-3-12)31(27,28)15-6-7-15/h2-5,8-10,15H,6-7,11H2,1H3,(H,21,22,26)/b24-17+. The van der Waals surface area contributed by atoms with Crippen LogP contribution >= 0.6 is 11.3 Å². The molecule has 162 valence electrons. The van der Waals surface area contributed by atoms with E-state index >= 15 is 0 Å². The Labute approximate surface area is 181 Å². The molecule has 0 spiro atoms. The van der Waals surface area contributed by atoms with E-state index in [4.69, 9.17) is 4.84 Å². The molecule has 9 nitrogen and oxygen atoms in total. The Morgan fingerprint density at radius 1 is 1.32 bits per heavy atom. The third kappa shape index (κ3) is 4.97. The molecule has 1 amide bonds. The number of hydrogen-bond donors (Lipinski definition) is 1. The maximum Gasteiger partial charge on any atom is 0.280 e. The molecule has 0 saturated heterocycles. The first-order valence-corrected chi connectivity index (χ1v) is 11.6. The van der Waals surface area contributed by atoms with Gasteiger partial charge in [-0.05, 0) is 31.0 Å². The summed E-state index contributed by atoms with van der Waals surface area (Å²) in [5.74, 6) is -0.673. The maximum absolute atomic E-state index is 13.2. The van der Waals surface area contributed by atoms with Crippen LogP contribution in [-0.4, -0.2) is 40.1 Å². The van der Waals surface area contributed by atoms with Gasteiger partial charge in [0.05, 0.1) is 16.3 Å². The maximum atomic E-state index is 13.2. The summed E-state index contributed by atoms with van der Waals surface area (Å²) in [5.41, 5.74) is 0.839. The molecule has 0 radical (unpaired) electrons. The number of amides is 1. The number of halogens is 1. The lowest BCUT2D eigenvalue weighted by Gasteiger charge is -2.08. The van der Waals surface area contributed by atoms with E-state index in [1.54, 1.807) is 24.0 Å². The van der Waals surface area contributed by atoms with Crippen molar-refractivity contribution >= 4 is 37.9 Å². The van der Waals surface area contributed by atoms with Crippen LogP contribution in [0.1, 0.15) is 24.1 Å². The van der Waals surface area contributed by atoms with Gasteiger partial charge in [0.1, 0.15) is 5.69 Å². The van der Waals surface area contributed by atoms with Crippen molar-refractivity contribution in [2.75, 3.05) is 5.32 Å². The fourth-order valence-corrected chi connectivity index (χ4v) is 4.97. The predicted octanol–water partition coefficient (Wildman–Crippen LogP) is 2.51. The molecule has 0 unspecified atom stereocenters. The van der Waals surface area contributed by atoms with E-state index in [2.05, 4.69) is 20.6 Å². The van der Waals surface area contributed by atoms with Gasteiger partial charge in [-0.3, -0.25) is 14.8 Å². The van der Waals surface area contributed by atoms with Gasteiger partial charge in [-0.25, -0.2) is 13.4 Å². The minimum absolute atomic E-state index is 0.0254. The number of nitrogens with zero attached hydrogens (tertiary/aromatic N) is 4. The molecule has 1 aliphatic carbocycles. The molecule has 0 aliphatic heterocycles. The average Bonchev–Trinajstić information content (AvgIpc) is 3.42. The van der Waals surface area contributed by atoms with E-state index in [0.717, 1.165) is 6.20 Å². The van der Waals surface area contributed by atoms with Crippen molar-refractivity contribution in [3.8, 4) is 0 Å². The highest BCUT2D eigenvalue weighted by Gasteiger charge is 2.36. The number of nitrogens with one attached hydrogen (secondary N) is 1. The Bertz CT molecular complexity index is 1230. The summed E-state index contributed by atoms with van der Waals surface area (Å²) in [5, 5.41) is 9.74. The molecule has 1 saturated carbocycles. The highest BCUT2D eigenvalue weighted by Crippen LogP contribution is 2.33. The number of aryl methyl sites for hydroxylation is 1. The Morgan fingerprint density at radius 3 is 2.65 bits per heavy atom. The highest BCUT2D eigenvalue weighted by atomic mass is 32.2. The van der Waals surface area contributed by atoms with Crippen molar-refractivity contribution in [1.29, 1.82) is 0 Å². The molecule has 0 atom stereocenters. The second-order valence-electron chi connectivity index (χ2n) is 6.89. The van der Waals surface area contributed by atoms with Crippen LogP contribution in [0.2, 0.25) is 0 Å². The minimum Gasteiger partial charge on any atom is -0.389 e. The number of anilines is 1. The Hall–Kier alpha value is -3.12. The SMILES string of the molecule is Cn1ccc(CO/N=C(/C(=O)Nc2ncc(F)s2)c2ccc(S(=O)(=O)C3CC3)cc2)n1. The van der Waals surface area contributed by atoms with E-state index in [-0.39, 0.29) is 27.6 Å². The molecule has 31 heavy (non-hydrogen) atoms. The molecule has 12 heteroatoms. The molecule has 4 rings (SSSR count). The smallest absolute Gasteiger partial charge is 0.280 e. The lowest BCUT2D eigenvalue weighted by atomic mass is 10.1. The number of thiazole rings is 1. The second-order valence-corrected chi connectivity index (χ2v) is 10.1. The summed E-state index contributed by atoms with van der Waals surface area (Å²) >= 11 is 0.670. The van der Waals surface area contributed by atoms with Gasteiger partial charge in [0.25, 0.3) is 5.91 Å². The van der Waals surface area contributed by atoms with Crippen molar-refractivity contribution in [3.63, 3.8) is 0 Å². The van der Waals surface area contributed by atoms with Gasteiger partial charge >= 0.3 is 0 Å². The highest BCUT2D eigenvalue weighted by molar-refractivity contribution is 7.92. The third-order valence-corrected chi connectivity index (χ3v) is 7.45. The van der Waals surface area contributed by atoms with Gasteiger partial charge in [-0.15, -0.1) is 0 Å². The van der Waals surface area contributed by atoms with E-state index in [9.17, 15) is 17.6 Å². The topological polar surface area (TPSA) is 116 Å². The number of hydrogen-bond acceptors (Lipinski definition) is 8. The average molecular weight is 464 g/mol. The number of sulfone groups is 1. The fraction of sp³-hybridized carbons (Fsp3) is 0.263. The van der Waals surface area contributed by atoms with Crippen LogP contribution in [0, 0.1) is 5.13 Å². The molecule has 0 bridgehead atoms. The van der Waals surface area contributed by atoms with E-state index in [1.807, 2.05) is 0 Å². The molecule has 1 fully saturated rings. The lowest BCUT2D eigenvalue weighted by molar-refractivity contribution is -0.110. The number of benzene rings is 1. The predicted molar refractivity (Wildman–Crippen MR) is 112 cm³/mol. The minimum atomic E-state index is -3.36. The number of carbonyl (C=O) groups is 1. The summed E-state index contributed by atoms with van der Waals surface area (Å²) in [4.78, 5) is 22.0. The van der Waals surface area contributed by atoms with Gasteiger partial charge in [-0.1, -0.05) is 28.6 Å². The van der Waals surface area contributed by atoms with Crippen LogP contribution in [0.25, 0.3) is 0 Å². The molecule has 1 aliphatic rings. The Kier molecular flexibility index (Phi) is 5.83. The van der Waals surface area contributed by atoms with Crippen LogP contribution in [0.3, 0.4) is 0 Å². The Balaban J connectivity index is 1.57. The van der Waals surface area contributed by atoms with Crippen molar-refractivity contribution in [2.24, 2.45) is 12.2 Å². The molecule has 3 aromatic rings. The summed E-state index contributed by atoms with van der Waals surface area (Å²) in [7, 11) is -1.60. The normalized spacial score (nSPS) is 14.5. The van der Waals surface area contributed by atoms with Gasteiger partial charge in [0.2, 0.25) is 0 Å². The third-order valence-electron chi connectivity index (χ3n) is 4.47. The first-order valence-electron chi connectivity index (χ1n) is 9.28. The van der Waals surface area contributed by atoms with Crippen molar-refractivity contribution in [2.45, 2.75) is 29.6 Å². The zero-order valence-electron chi connectivity index (χ0n) is 16.4. The largest absolute Gasteiger partial charge is 0.389 e. The summed E-state index contributed by atoms with van der Waals surface area (Å²) in [6.07, 6.45) is 4.05. The van der Waals surface area contributed by atoms with Crippen molar-refractivity contribution in [1.82, 2.24) is 14.8 Å². The van der Waals surface area contributed by atoms with Crippen molar-refractivity contribution in [3.05, 3.63) is 59.1 Å². The van der Waals surface area contributed by atoms with Crippen LogP contribution in [-0.2, 0) is 33.1 Å². The van der Waals surface area contributed by atoms with Crippen molar-refractivity contribution < 1.29 is 22.4 Å². The van der Waals surface area contributed by atoms with Gasteiger partial charge in [0.15, 0.2) is 32.4 Å². The fourth-order valence-electron chi connectivity index (χ4n) is 2.77. The first-order chi connectivity index (χ1) is 14.8.